The lowest BCUT2D eigenvalue weighted by Crippen LogP contribution is -2.26. The maximum absolute atomic E-state index is 13.1. The highest BCUT2D eigenvalue weighted by atomic mass is 35.5. The lowest BCUT2D eigenvalue weighted by Gasteiger charge is -2.21. The van der Waals surface area contributed by atoms with Crippen molar-refractivity contribution in [1.82, 2.24) is 19.3 Å². The first-order valence-electron chi connectivity index (χ1n) is 11.4. The van der Waals surface area contributed by atoms with E-state index < -0.39 is 21.9 Å². The molecule has 0 bridgehead atoms. The van der Waals surface area contributed by atoms with Crippen molar-refractivity contribution in [2.24, 2.45) is 7.05 Å². The molecule has 0 radical (unpaired) electrons. The van der Waals surface area contributed by atoms with Gasteiger partial charge in [-0.1, -0.05) is 46.6 Å². The molecule has 0 saturated carbocycles. The molecule has 0 aliphatic rings. The predicted octanol–water partition coefficient (Wildman–Crippen LogP) is 4.37. The van der Waals surface area contributed by atoms with Crippen LogP contribution in [0.5, 0.6) is 5.75 Å². The van der Waals surface area contributed by atoms with E-state index in [-0.39, 0.29) is 17.9 Å². The molecule has 194 valence electrons. The Morgan fingerprint density at radius 1 is 1.14 bits per heavy atom. The summed E-state index contributed by atoms with van der Waals surface area (Å²) >= 11 is 6.46. The number of fused-ring (bicyclic) bond motifs is 1. The minimum absolute atomic E-state index is 0.00912. The van der Waals surface area contributed by atoms with Gasteiger partial charge in [-0.2, -0.15) is 4.31 Å². The minimum Gasteiger partial charge on any atom is -0.494 e. The number of halogens is 1. The number of carbonyl (C=O) groups is 1. The summed E-state index contributed by atoms with van der Waals surface area (Å²) < 4.78 is 34.6. The first-order chi connectivity index (χ1) is 17.5. The second kappa shape index (κ2) is 10.5. The van der Waals surface area contributed by atoms with Crippen LogP contribution in [-0.4, -0.2) is 53.0 Å². The Labute approximate surface area is 220 Å². The van der Waals surface area contributed by atoms with Crippen molar-refractivity contribution < 1.29 is 23.1 Å². The average molecular weight is 543 g/mol. The van der Waals surface area contributed by atoms with Crippen LogP contribution in [0.25, 0.3) is 11.0 Å². The third-order valence-electron chi connectivity index (χ3n) is 6.28. The summed E-state index contributed by atoms with van der Waals surface area (Å²) in [7, 11) is 1.01. The molecular weight excluding hydrogens is 516 g/mol. The van der Waals surface area contributed by atoms with Crippen molar-refractivity contribution in [3.63, 3.8) is 0 Å². The van der Waals surface area contributed by atoms with Crippen molar-refractivity contribution in [3.05, 3.63) is 81.9 Å². The molecule has 1 heterocycles. The molecule has 0 amide bonds. The van der Waals surface area contributed by atoms with Gasteiger partial charge in [-0.3, -0.25) is 4.79 Å². The number of methoxy groups -OCH3 is 1. The first-order valence-corrected chi connectivity index (χ1v) is 13.2. The largest absolute Gasteiger partial charge is 0.494 e. The van der Waals surface area contributed by atoms with E-state index in [1.165, 1.54) is 18.5 Å². The van der Waals surface area contributed by atoms with Crippen molar-refractivity contribution >= 4 is 38.6 Å². The highest BCUT2D eigenvalue weighted by molar-refractivity contribution is 7.89. The quantitative estimate of drug-likeness (QED) is 0.334. The molecular formula is C26H27ClN4O5S. The number of hydrogen-bond acceptors (Lipinski definition) is 6. The first kappa shape index (κ1) is 26.6. The molecule has 1 aromatic heterocycles. The zero-order valence-corrected chi connectivity index (χ0v) is 22.4. The fraction of sp³-hybridized carbons (Fsp3) is 0.269. The van der Waals surface area contributed by atoms with E-state index in [0.29, 0.717) is 38.5 Å². The fourth-order valence-corrected chi connectivity index (χ4v) is 5.61. The smallest absolute Gasteiger partial charge is 0.304 e. The monoisotopic (exact) mass is 542 g/mol. The van der Waals surface area contributed by atoms with Gasteiger partial charge in [-0.25, -0.2) is 13.1 Å². The summed E-state index contributed by atoms with van der Waals surface area (Å²) in [6, 6.07) is 15.4. The van der Waals surface area contributed by atoms with Crippen molar-refractivity contribution in [3.8, 4) is 5.75 Å². The molecule has 1 unspecified atom stereocenters. The van der Waals surface area contributed by atoms with Crippen molar-refractivity contribution in [2.75, 3.05) is 14.2 Å². The van der Waals surface area contributed by atoms with Gasteiger partial charge in [-0.05, 0) is 53.9 Å². The number of benzene rings is 3. The summed E-state index contributed by atoms with van der Waals surface area (Å²) in [5.41, 5.74) is 4.14. The molecule has 0 aliphatic heterocycles. The van der Waals surface area contributed by atoms with Crippen LogP contribution in [-0.2, 0) is 28.4 Å². The zero-order valence-electron chi connectivity index (χ0n) is 20.8. The number of aryl methyl sites for hydroxylation is 2. The summed E-state index contributed by atoms with van der Waals surface area (Å²) in [6.45, 7) is 1.89. The Morgan fingerprint density at radius 2 is 1.84 bits per heavy atom. The lowest BCUT2D eigenvalue weighted by atomic mass is 9.87. The van der Waals surface area contributed by atoms with E-state index in [9.17, 15) is 18.3 Å². The SMILES string of the molecule is COc1cc(C(CC(=O)O)c2ccc(Cl)c(CN(C)S(=O)(=O)c3ccc(C)cc3)c2)cc2nnn(C)c12. The molecule has 0 fully saturated rings. The van der Waals surface area contributed by atoms with Crippen LogP contribution in [0.1, 0.15) is 34.6 Å². The molecule has 37 heavy (non-hydrogen) atoms. The molecule has 9 nitrogen and oxygen atoms in total. The van der Waals surface area contributed by atoms with Gasteiger partial charge in [0.05, 0.1) is 18.4 Å². The highest BCUT2D eigenvalue weighted by Crippen LogP contribution is 2.36. The maximum Gasteiger partial charge on any atom is 0.304 e. The molecule has 11 heteroatoms. The van der Waals surface area contributed by atoms with E-state index in [1.807, 2.05) is 6.92 Å². The Morgan fingerprint density at radius 3 is 2.49 bits per heavy atom. The van der Waals surface area contributed by atoms with Crippen molar-refractivity contribution in [1.29, 1.82) is 0 Å². The van der Waals surface area contributed by atoms with Gasteiger partial charge in [0.2, 0.25) is 10.0 Å². The van der Waals surface area contributed by atoms with Gasteiger partial charge in [0.1, 0.15) is 16.8 Å². The predicted molar refractivity (Wildman–Crippen MR) is 140 cm³/mol. The summed E-state index contributed by atoms with van der Waals surface area (Å²) in [4.78, 5) is 12.0. The number of ether oxygens (including phenoxy) is 1. The van der Waals surface area contributed by atoms with E-state index in [2.05, 4.69) is 10.3 Å². The molecule has 0 aliphatic carbocycles. The number of aliphatic carboxylic acids is 1. The van der Waals surface area contributed by atoms with Crippen LogP contribution in [0.4, 0.5) is 0 Å². The van der Waals surface area contributed by atoms with E-state index >= 15 is 0 Å². The number of aromatic nitrogens is 3. The Hall–Kier alpha value is -3.47. The molecule has 1 N–H and O–H groups in total. The molecule has 4 aromatic rings. The van der Waals surface area contributed by atoms with Gasteiger partial charge in [0.15, 0.2) is 0 Å². The number of carboxylic acids is 1. The maximum atomic E-state index is 13.1. The number of carboxylic acid groups (broad SMARTS) is 1. The normalized spacial score (nSPS) is 12.7. The summed E-state index contributed by atoms with van der Waals surface area (Å²) in [5, 5.41) is 18.3. The molecule has 1 atom stereocenters. The van der Waals surface area contributed by atoms with E-state index in [4.69, 9.17) is 16.3 Å². The number of sulfonamides is 1. The van der Waals surface area contributed by atoms with Gasteiger partial charge in [-0.15, -0.1) is 5.10 Å². The molecule has 0 spiro atoms. The Bertz CT molecular complexity index is 1570. The van der Waals surface area contributed by atoms with E-state index in [0.717, 1.165) is 5.56 Å². The van der Waals surface area contributed by atoms with Crippen LogP contribution in [0.3, 0.4) is 0 Å². The second-order valence-corrected chi connectivity index (χ2v) is 11.3. The van der Waals surface area contributed by atoms with E-state index in [1.54, 1.807) is 66.3 Å². The fourth-order valence-electron chi connectivity index (χ4n) is 4.28. The molecule has 4 rings (SSSR count). The topological polar surface area (TPSA) is 115 Å². The second-order valence-electron chi connectivity index (χ2n) is 8.88. The highest BCUT2D eigenvalue weighted by Gasteiger charge is 2.25. The van der Waals surface area contributed by atoms with Crippen LogP contribution < -0.4 is 4.74 Å². The van der Waals surface area contributed by atoms with Crippen LogP contribution in [0, 0.1) is 6.92 Å². The zero-order chi connectivity index (χ0) is 26.9. The average Bonchev–Trinajstić information content (AvgIpc) is 3.24. The Balaban J connectivity index is 1.73. The van der Waals surface area contributed by atoms with Crippen LogP contribution in [0.2, 0.25) is 5.02 Å². The number of rotatable bonds is 9. The van der Waals surface area contributed by atoms with Gasteiger partial charge >= 0.3 is 5.97 Å². The Kier molecular flexibility index (Phi) is 7.54. The lowest BCUT2D eigenvalue weighted by molar-refractivity contribution is -0.137. The van der Waals surface area contributed by atoms with Gasteiger partial charge in [0.25, 0.3) is 0 Å². The van der Waals surface area contributed by atoms with Crippen molar-refractivity contribution in [2.45, 2.75) is 30.7 Å². The van der Waals surface area contributed by atoms with Crippen LogP contribution in [0.15, 0.2) is 59.5 Å². The molecule has 0 saturated heterocycles. The number of nitrogens with zero attached hydrogens (tertiary/aromatic N) is 4. The van der Waals surface area contributed by atoms with Crippen LogP contribution >= 0.6 is 11.6 Å². The third kappa shape index (κ3) is 5.46. The molecule has 3 aromatic carbocycles. The van der Waals surface area contributed by atoms with Gasteiger partial charge in [0, 0.05) is 31.6 Å². The summed E-state index contributed by atoms with van der Waals surface area (Å²) in [6.07, 6.45) is -0.201. The third-order valence-corrected chi connectivity index (χ3v) is 8.47. The van der Waals surface area contributed by atoms with Gasteiger partial charge < -0.3 is 9.84 Å². The standard InChI is InChI=1S/C26H27ClN4O5S/c1-16-5-8-20(9-6-16)37(34,35)30(2)15-19-11-17(7-10-22(19)27)21(14-25(32)33)18-12-23-26(24(13-18)36-4)31(3)29-28-23/h5-13,21H,14-15H2,1-4H3,(H,32,33). The number of hydrogen-bond donors (Lipinski definition) is 1. The minimum atomic E-state index is -3.76. The summed E-state index contributed by atoms with van der Waals surface area (Å²) in [5.74, 6) is -1.03.